The number of carbonyl (C=O) groups excluding carboxylic acids is 1. The molecule has 3 aromatic heterocycles. The second-order valence-corrected chi connectivity index (χ2v) is 10.5. The lowest BCUT2D eigenvalue weighted by Crippen LogP contribution is -2.35. The van der Waals surface area contributed by atoms with Crippen molar-refractivity contribution in [1.29, 1.82) is 0 Å². The maximum atomic E-state index is 12.7. The van der Waals surface area contributed by atoms with Gasteiger partial charge in [0.25, 0.3) is 0 Å². The number of nitrogens with zero attached hydrogens (tertiary/aromatic N) is 5. The number of pyridine rings is 3. The monoisotopic (exact) mass is 553 g/mol. The Morgan fingerprint density at radius 2 is 1.83 bits per heavy atom. The molecule has 8 nitrogen and oxygen atoms in total. The van der Waals surface area contributed by atoms with Crippen LogP contribution in [0.15, 0.2) is 95.9 Å². The molecule has 2 N–H and O–H groups in total. The molecule has 208 valence electrons. The molecule has 8 heteroatoms. The maximum Gasteiger partial charge on any atom is 0.242 e. The number of amides is 1. The Morgan fingerprint density at radius 3 is 2.64 bits per heavy atom. The number of likely N-dealkylation sites (N-methyl/N-ethyl adjacent to an activating group) is 1. The van der Waals surface area contributed by atoms with Gasteiger partial charge in [-0.15, -0.1) is 0 Å². The molecule has 1 amide bonds. The summed E-state index contributed by atoms with van der Waals surface area (Å²) in [6.07, 6.45) is 9.82. The highest BCUT2D eigenvalue weighted by molar-refractivity contribution is 5.98. The van der Waals surface area contributed by atoms with Crippen LogP contribution in [0.1, 0.15) is 54.0 Å². The van der Waals surface area contributed by atoms with Crippen LogP contribution >= 0.6 is 0 Å². The summed E-state index contributed by atoms with van der Waals surface area (Å²) in [6.45, 7) is 5.85. The van der Waals surface area contributed by atoms with E-state index in [9.17, 15) is 4.79 Å². The molecular weight excluding hydrogens is 522 g/mol. The fraction of sp³-hybridized carbons (Fsp3) is 0.206. The first-order chi connectivity index (χ1) is 20.4. The van der Waals surface area contributed by atoms with Gasteiger partial charge in [-0.1, -0.05) is 18.1 Å². The zero-order valence-corrected chi connectivity index (χ0v) is 24.0. The van der Waals surface area contributed by atoms with Gasteiger partial charge in [0, 0.05) is 40.8 Å². The third-order valence-corrected chi connectivity index (χ3v) is 7.51. The number of fused-ring (bicyclic) bond motifs is 2. The predicted molar refractivity (Wildman–Crippen MR) is 166 cm³/mol. The van der Waals surface area contributed by atoms with Gasteiger partial charge in [-0.05, 0) is 99.5 Å². The lowest BCUT2D eigenvalue weighted by molar-refractivity contribution is -0.117. The molecule has 0 saturated heterocycles. The molecular formula is C34H31N7O. The maximum absolute atomic E-state index is 12.7. The van der Waals surface area contributed by atoms with Crippen molar-refractivity contribution < 1.29 is 4.79 Å². The minimum Gasteiger partial charge on any atom is -0.323 e. The SMILES string of the molecule is CNC(C)C(=O)Nc1ccc(C2C(c3ccncc3)N=C3C=C(C)C=CN32)c(C#Cc2ccc3nc(C)ccc3c2)n1. The zero-order valence-electron chi connectivity index (χ0n) is 24.0. The number of anilines is 1. The van der Waals surface area contributed by atoms with Crippen molar-refractivity contribution in [3.63, 3.8) is 0 Å². The van der Waals surface area contributed by atoms with Gasteiger partial charge in [0.05, 0.1) is 17.6 Å². The number of aryl methyl sites for hydroxylation is 1. The number of aromatic nitrogens is 3. The molecule has 0 radical (unpaired) electrons. The fourth-order valence-corrected chi connectivity index (χ4v) is 5.12. The van der Waals surface area contributed by atoms with Crippen molar-refractivity contribution in [2.75, 3.05) is 12.4 Å². The molecule has 2 aliphatic heterocycles. The average Bonchev–Trinajstić information content (AvgIpc) is 3.38. The van der Waals surface area contributed by atoms with Crippen molar-refractivity contribution in [3.05, 3.63) is 119 Å². The number of hydrogen-bond acceptors (Lipinski definition) is 7. The van der Waals surface area contributed by atoms with Crippen molar-refractivity contribution in [3.8, 4) is 11.8 Å². The second kappa shape index (κ2) is 11.4. The van der Waals surface area contributed by atoms with Crippen LogP contribution in [-0.4, -0.2) is 44.7 Å². The second-order valence-electron chi connectivity index (χ2n) is 10.5. The van der Waals surface area contributed by atoms with Crippen LogP contribution in [0, 0.1) is 18.8 Å². The first-order valence-electron chi connectivity index (χ1n) is 13.9. The third-order valence-electron chi connectivity index (χ3n) is 7.51. The zero-order chi connectivity index (χ0) is 29.2. The van der Waals surface area contributed by atoms with Gasteiger partial charge in [-0.2, -0.15) is 0 Å². The molecule has 5 heterocycles. The van der Waals surface area contributed by atoms with Crippen LogP contribution in [-0.2, 0) is 4.79 Å². The van der Waals surface area contributed by atoms with E-state index in [4.69, 9.17) is 9.98 Å². The summed E-state index contributed by atoms with van der Waals surface area (Å²) in [5.41, 5.74) is 6.43. The number of aliphatic imine (C=N–C) groups is 1. The summed E-state index contributed by atoms with van der Waals surface area (Å²) in [5.74, 6) is 7.81. The van der Waals surface area contributed by atoms with E-state index in [-0.39, 0.29) is 24.0 Å². The van der Waals surface area contributed by atoms with Gasteiger partial charge < -0.3 is 15.5 Å². The summed E-state index contributed by atoms with van der Waals surface area (Å²) in [5, 5.41) is 6.91. The number of hydrogen-bond donors (Lipinski definition) is 2. The van der Waals surface area contributed by atoms with Crippen molar-refractivity contribution in [2.24, 2.45) is 4.99 Å². The Morgan fingerprint density at radius 1 is 1.00 bits per heavy atom. The van der Waals surface area contributed by atoms with Gasteiger partial charge in [0.1, 0.15) is 23.4 Å². The highest BCUT2D eigenvalue weighted by atomic mass is 16.2. The predicted octanol–water partition coefficient (Wildman–Crippen LogP) is 5.25. The number of amidine groups is 1. The molecule has 4 aromatic rings. The number of nitrogens with one attached hydrogen (secondary N) is 2. The van der Waals surface area contributed by atoms with Crippen molar-refractivity contribution in [2.45, 2.75) is 38.9 Å². The molecule has 0 spiro atoms. The van der Waals surface area contributed by atoms with Crippen LogP contribution in [0.5, 0.6) is 0 Å². The van der Waals surface area contributed by atoms with Crippen LogP contribution < -0.4 is 10.6 Å². The quantitative estimate of drug-likeness (QED) is 0.328. The van der Waals surface area contributed by atoms with E-state index in [1.165, 1.54) is 0 Å². The summed E-state index contributed by atoms with van der Waals surface area (Å²) < 4.78 is 0. The number of benzene rings is 1. The highest BCUT2D eigenvalue weighted by Gasteiger charge is 2.39. The Balaban J connectivity index is 1.45. The van der Waals surface area contributed by atoms with E-state index in [0.29, 0.717) is 11.5 Å². The molecule has 0 aliphatic carbocycles. The van der Waals surface area contributed by atoms with E-state index < -0.39 is 0 Å². The molecule has 2 aliphatic rings. The topological polar surface area (TPSA) is 95.4 Å². The molecule has 3 unspecified atom stereocenters. The molecule has 6 rings (SSSR count). The Kier molecular flexibility index (Phi) is 7.34. The smallest absolute Gasteiger partial charge is 0.242 e. The Labute approximate surface area is 245 Å². The van der Waals surface area contributed by atoms with Crippen LogP contribution in [0.2, 0.25) is 0 Å². The Bertz CT molecular complexity index is 1830. The molecule has 0 bridgehead atoms. The van der Waals surface area contributed by atoms with Crippen LogP contribution in [0.25, 0.3) is 10.9 Å². The fourth-order valence-electron chi connectivity index (χ4n) is 5.12. The van der Waals surface area contributed by atoms with Gasteiger partial charge in [0.15, 0.2) is 0 Å². The molecule has 0 saturated carbocycles. The van der Waals surface area contributed by atoms with E-state index in [1.54, 1.807) is 26.4 Å². The number of allylic oxidation sites excluding steroid dienone is 2. The lowest BCUT2D eigenvalue weighted by Gasteiger charge is -2.29. The number of rotatable bonds is 5. The van der Waals surface area contributed by atoms with E-state index in [1.807, 2.05) is 55.5 Å². The third kappa shape index (κ3) is 5.42. The molecule has 42 heavy (non-hydrogen) atoms. The average molecular weight is 554 g/mol. The first kappa shape index (κ1) is 27.1. The van der Waals surface area contributed by atoms with E-state index in [0.717, 1.165) is 44.7 Å². The molecule has 1 aromatic carbocycles. The van der Waals surface area contributed by atoms with Gasteiger partial charge in [-0.3, -0.25) is 19.8 Å². The lowest BCUT2D eigenvalue weighted by atomic mass is 9.93. The van der Waals surface area contributed by atoms with Gasteiger partial charge >= 0.3 is 0 Å². The van der Waals surface area contributed by atoms with Gasteiger partial charge in [-0.25, -0.2) is 4.98 Å². The standard InChI is InChI=1S/C34H31N7O/c1-21-15-18-41-31(19-21)40-32(25-13-16-36-17-14-25)33(41)27-9-12-30(39-34(42)23(3)35-4)38-29(27)11-7-24-6-10-28-26(20-24)8-5-22(2)37-28/h5-6,8-10,12-20,23,32-33,35H,1-4H3,(H,38,39,42). The number of carbonyl (C=O) groups is 1. The highest BCUT2D eigenvalue weighted by Crippen LogP contribution is 2.44. The minimum absolute atomic E-state index is 0.172. The van der Waals surface area contributed by atoms with Crippen LogP contribution in [0.3, 0.4) is 0 Å². The van der Waals surface area contributed by atoms with Crippen molar-refractivity contribution >= 4 is 28.5 Å². The molecule has 3 atom stereocenters. The minimum atomic E-state index is -0.369. The summed E-state index contributed by atoms with van der Waals surface area (Å²) in [7, 11) is 1.75. The Hall–Kier alpha value is -5.13. The van der Waals surface area contributed by atoms with E-state index >= 15 is 0 Å². The summed E-state index contributed by atoms with van der Waals surface area (Å²) in [4.78, 5) is 33.7. The van der Waals surface area contributed by atoms with Crippen LogP contribution in [0.4, 0.5) is 5.82 Å². The normalized spacial score (nSPS) is 18.0. The summed E-state index contributed by atoms with van der Waals surface area (Å²) in [6, 6.07) is 17.1. The van der Waals surface area contributed by atoms with Crippen molar-refractivity contribution in [1.82, 2.24) is 25.2 Å². The van der Waals surface area contributed by atoms with Gasteiger partial charge in [0.2, 0.25) is 5.91 Å². The van der Waals surface area contributed by atoms with E-state index in [2.05, 4.69) is 68.7 Å². The summed E-state index contributed by atoms with van der Waals surface area (Å²) >= 11 is 0. The molecule has 0 fully saturated rings. The largest absolute Gasteiger partial charge is 0.323 e. The first-order valence-corrected chi connectivity index (χ1v) is 13.9.